The second kappa shape index (κ2) is 10.8. The summed E-state index contributed by atoms with van der Waals surface area (Å²) in [7, 11) is 0. The van der Waals surface area contributed by atoms with Gasteiger partial charge in [0.25, 0.3) is 0 Å². The van der Waals surface area contributed by atoms with Crippen molar-refractivity contribution < 1.29 is 24.2 Å². The van der Waals surface area contributed by atoms with Gasteiger partial charge in [0.2, 0.25) is 5.91 Å². The highest BCUT2D eigenvalue weighted by Crippen LogP contribution is 2.44. The van der Waals surface area contributed by atoms with Gasteiger partial charge in [-0.25, -0.2) is 9.59 Å². The molecule has 0 saturated heterocycles. The quantitative estimate of drug-likeness (QED) is 0.521. The Morgan fingerprint density at radius 2 is 1.59 bits per heavy atom. The maximum absolute atomic E-state index is 12.5. The van der Waals surface area contributed by atoms with Crippen molar-refractivity contribution in [3.63, 3.8) is 0 Å². The minimum Gasteiger partial charge on any atom is -0.480 e. The van der Waals surface area contributed by atoms with Gasteiger partial charge in [-0.3, -0.25) is 4.79 Å². The van der Waals surface area contributed by atoms with Crippen LogP contribution in [-0.2, 0) is 14.3 Å². The summed E-state index contributed by atoms with van der Waals surface area (Å²) < 4.78 is 5.51. The molecule has 1 unspecified atom stereocenters. The standard InChI is InChI=1S/C25H30N2O5/c1-3-9-16(23(28)27-22(4-2)24(29)30)14-26-25(31)32-15-21-19-12-7-5-10-17(19)18-11-6-8-13-20(18)21/h5-8,10-13,16,21-22H,3-4,9,14-15H2,1-2H3,(H,26,31)(H,27,28)(H,29,30)/t16?,22-/m1/s1. The molecule has 0 aliphatic heterocycles. The highest BCUT2D eigenvalue weighted by Gasteiger charge is 2.29. The largest absolute Gasteiger partial charge is 0.480 e. The monoisotopic (exact) mass is 438 g/mol. The summed E-state index contributed by atoms with van der Waals surface area (Å²) in [6, 6.07) is 15.3. The number of hydrogen-bond donors (Lipinski definition) is 3. The Bertz CT molecular complexity index is 929. The number of fused-ring (bicyclic) bond motifs is 3. The maximum Gasteiger partial charge on any atom is 0.407 e. The van der Waals surface area contributed by atoms with E-state index in [1.165, 1.54) is 0 Å². The second-order valence-corrected chi connectivity index (χ2v) is 8.00. The Morgan fingerprint density at radius 3 is 2.12 bits per heavy atom. The summed E-state index contributed by atoms with van der Waals surface area (Å²) in [5, 5.41) is 14.4. The number of alkyl carbamates (subject to hydrolysis) is 1. The average Bonchev–Trinajstić information content (AvgIpc) is 3.12. The third kappa shape index (κ3) is 5.28. The number of amides is 2. The van der Waals surface area contributed by atoms with Crippen LogP contribution in [-0.4, -0.2) is 42.3 Å². The molecular weight excluding hydrogens is 408 g/mol. The molecule has 7 nitrogen and oxygen atoms in total. The average molecular weight is 439 g/mol. The molecule has 0 aromatic heterocycles. The molecule has 32 heavy (non-hydrogen) atoms. The maximum atomic E-state index is 12.5. The van der Waals surface area contributed by atoms with Gasteiger partial charge >= 0.3 is 12.1 Å². The van der Waals surface area contributed by atoms with Crippen LogP contribution in [0.15, 0.2) is 48.5 Å². The molecule has 7 heteroatoms. The zero-order chi connectivity index (χ0) is 23.1. The van der Waals surface area contributed by atoms with Crippen LogP contribution in [0.2, 0.25) is 0 Å². The SMILES string of the molecule is CCCC(CNC(=O)OCC1c2ccccc2-c2ccccc21)C(=O)N[C@H](CC)C(=O)O. The molecular formula is C25H30N2O5. The molecule has 3 N–H and O–H groups in total. The Kier molecular flexibility index (Phi) is 7.87. The Labute approximate surface area is 188 Å². The number of carbonyl (C=O) groups excluding carboxylic acids is 2. The normalized spacial score (nSPS) is 14.1. The van der Waals surface area contributed by atoms with E-state index in [4.69, 9.17) is 9.84 Å². The van der Waals surface area contributed by atoms with E-state index in [0.717, 1.165) is 28.7 Å². The molecule has 0 radical (unpaired) electrons. The van der Waals surface area contributed by atoms with E-state index >= 15 is 0 Å². The summed E-state index contributed by atoms with van der Waals surface area (Å²) in [4.78, 5) is 36.1. The van der Waals surface area contributed by atoms with Crippen molar-refractivity contribution in [1.82, 2.24) is 10.6 Å². The van der Waals surface area contributed by atoms with E-state index in [-0.39, 0.29) is 25.0 Å². The van der Waals surface area contributed by atoms with Gasteiger partial charge in [-0.2, -0.15) is 0 Å². The van der Waals surface area contributed by atoms with Gasteiger partial charge in [-0.05, 0) is 35.1 Å². The summed E-state index contributed by atoms with van der Waals surface area (Å²) >= 11 is 0. The first-order valence-corrected chi connectivity index (χ1v) is 11.1. The van der Waals surface area contributed by atoms with Crippen molar-refractivity contribution in [2.45, 2.75) is 45.1 Å². The number of carbonyl (C=O) groups is 3. The van der Waals surface area contributed by atoms with Gasteiger partial charge < -0.3 is 20.5 Å². The minimum absolute atomic E-state index is 0.0382. The second-order valence-electron chi connectivity index (χ2n) is 8.00. The molecule has 170 valence electrons. The van der Waals surface area contributed by atoms with Crippen LogP contribution in [0, 0.1) is 5.92 Å². The number of rotatable bonds is 10. The van der Waals surface area contributed by atoms with Crippen molar-refractivity contribution in [3.8, 4) is 11.1 Å². The molecule has 0 saturated carbocycles. The summed E-state index contributed by atoms with van der Waals surface area (Å²) in [5.41, 5.74) is 4.56. The van der Waals surface area contributed by atoms with E-state index in [1.807, 2.05) is 31.2 Å². The van der Waals surface area contributed by atoms with Crippen molar-refractivity contribution in [1.29, 1.82) is 0 Å². The van der Waals surface area contributed by atoms with Crippen LogP contribution in [0.3, 0.4) is 0 Å². The molecule has 2 amide bonds. The number of carboxylic acids is 1. The van der Waals surface area contributed by atoms with Crippen LogP contribution in [0.1, 0.15) is 50.2 Å². The third-order valence-corrected chi connectivity index (χ3v) is 5.87. The fraction of sp³-hybridized carbons (Fsp3) is 0.400. The summed E-state index contributed by atoms with van der Waals surface area (Å²) in [6.07, 6.45) is 0.964. The fourth-order valence-electron chi connectivity index (χ4n) is 4.16. The predicted molar refractivity (Wildman–Crippen MR) is 121 cm³/mol. The lowest BCUT2D eigenvalue weighted by Gasteiger charge is -2.20. The molecule has 0 bridgehead atoms. The van der Waals surface area contributed by atoms with Crippen LogP contribution < -0.4 is 10.6 Å². The third-order valence-electron chi connectivity index (χ3n) is 5.87. The molecule has 3 rings (SSSR count). The molecule has 2 atom stereocenters. The van der Waals surface area contributed by atoms with Gasteiger partial charge in [0.15, 0.2) is 0 Å². The lowest BCUT2D eigenvalue weighted by molar-refractivity contribution is -0.142. The number of ether oxygens (including phenoxy) is 1. The smallest absolute Gasteiger partial charge is 0.407 e. The lowest BCUT2D eigenvalue weighted by Crippen LogP contribution is -2.46. The highest BCUT2D eigenvalue weighted by atomic mass is 16.5. The lowest BCUT2D eigenvalue weighted by atomic mass is 9.98. The number of hydrogen-bond acceptors (Lipinski definition) is 4. The van der Waals surface area contributed by atoms with Gasteiger partial charge in [-0.15, -0.1) is 0 Å². The first-order chi connectivity index (χ1) is 15.5. The van der Waals surface area contributed by atoms with E-state index in [9.17, 15) is 14.4 Å². The summed E-state index contributed by atoms with van der Waals surface area (Å²) in [6.45, 7) is 3.92. The van der Waals surface area contributed by atoms with E-state index in [2.05, 4.69) is 34.9 Å². The number of benzene rings is 2. The van der Waals surface area contributed by atoms with Crippen molar-refractivity contribution in [3.05, 3.63) is 59.7 Å². The van der Waals surface area contributed by atoms with Crippen LogP contribution in [0.5, 0.6) is 0 Å². The Balaban J connectivity index is 1.57. The Hall–Kier alpha value is -3.35. The molecule has 1 aliphatic carbocycles. The number of carboxylic acid groups (broad SMARTS) is 1. The van der Waals surface area contributed by atoms with Crippen molar-refractivity contribution >= 4 is 18.0 Å². The first-order valence-electron chi connectivity index (χ1n) is 11.1. The van der Waals surface area contributed by atoms with Gasteiger partial charge in [0, 0.05) is 12.5 Å². The van der Waals surface area contributed by atoms with Gasteiger partial charge in [-0.1, -0.05) is 68.8 Å². The number of aliphatic carboxylic acids is 1. The fourth-order valence-corrected chi connectivity index (χ4v) is 4.16. The topological polar surface area (TPSA) is 105 Å². The van der Waals surface area contributed by atoms with E-state index in [1.54, 1.807) is 6.92 Å². The van der Waals surface area contributed by atoms with Crippen molar-refractivity contribution in [2.24, 2.45) is 5.92 Å². The highest BCUT2D eigenvalue weighted by molar-refractivity contribution is 5.85. The van der Waals surface area contributed by atoms with E-state index in [0.29, 0.717) is 12.8 Å². The first kappa shape index (κ1) is 23.3. The van der Waals surface area contributed by atoms with E-state index < -0.39 is 24.0 Å². The molecule has 0 fully saturated rings. The molecule has 2 aromatic carbocycles. The zero-order valence-electron chi connectivity index (χ0n) is 18.5. The van der Waals surface area contributed by atoms with Gasteiger partial charge in [0.05, 0.1) is 5.92 Å². The molecule has 0 spiro atoms. The zero-order valence-corrected chi connectivity index (χ0v) is 18.5. The van der Waals surface area contributed by atoms with Crippen molar-refractivity contribution in [2.75, 3.05) is 13.2 Å². The van der Waals surface area contributed by atoms with Crippen LogP contribution in [0.4, 0.5) is 4.79 Å². The van der Waals surface area contributed by atoms with Gasteiger partial charge in [0.1, 0.15) is 12.6 Å². The van der Waals surface area contributed by atoms with Crippen LogP contribution in [0.25, 0.3) is 11.1 Å². The van der Waals surface area contributed by atoms with Crippen LogP contribution >= 0.6 is 0 Å². The Morgan fingerprint density at radius 1 is 1.00 bits per heavy atom. The summed E-state index contributed by atoms with van der Waals surface area (Å²) in [5.74, 6) is -2.00. The molecule has 2 aromatic rings. The number of nitrogens with one attached hydrogen (secondary N) is 2. The predicted octanol–water partition coefficient (Wildman–Crippen LogP) is 3.92. The molecule has 0 heterocycles. The minimum atomic E-state index is -1.07. The molecule has 1 aliphatic rings.